The fraction of sp³-hybridized carbons (Fsp3) is 0.955. The molecule has 0 aliphatic carbocycles. The van der Waals surface area contributed by atoms with Crippen molar-refractivity contribution < 1.29 is 19.7 Å². The molecule has 0 heterocycles. The van der Waals surface area contributed by atoms with Crippen LogP contribution in [0.4, 0.5) is 0 Å². The molecular formula is C22H51NO4. The Morgan fingerprint density at radius 3 is 1.26 bits per heavy atom. The molecule has 0 bridgehead atoms. The van der Waals surface area contributed by atoms with Crippen LogP contribution in [-0.4, -0.2) is 61.0 Å². The lowest BCUT2D eigenvalue weighted by Gasteiger charge is -2.09. The van der Waals surface area contributed by atoms with Crippen molar-refractivity contribution in [3.63, 3.8) is 0 Å². The Labute approximate surface area is 170 Å². The lowest BCUT2D eigenvalue weighted by molar-refractivity contribution is -0.115. The lowest BCUT2D eigenvalue weighted by Crippen LogP contribution is -2.09. The molecule has 1 amide bonds. The SMILES string of the molecule is CC(C)OC(C)C.CCCCCCCCO.CCCCCO.CN(C)C=O. The maximum absolute atomic E-state index is 9.43. The van der Waals surface area contributed by atoms with Crippen molar-refractivity contribution in [2.45, 2.75) is 112 Å². The summed E-state index contributed by atoms with van der Waals surface area (Å²) in [6, 6.07) is 0. The van der Waals surface area contributed by atoms with E-state index in [1.165, 1.54) is 43.4 Å². The largest absolute Gasteiger partial charge is 0.396 e. The molecule has 0 saturated heterocycles. The predicted molar refractivity (Wildman–Crippen MR) is 118 cm³/mol. The van der Waals surface area contributed by atoms with E-state index in [0.29, 0.717) is 25.4 Å². The summed E-state index contributed by atoms with van der Waals surface area (Å²) in [5.74, 6) is 0. The minimum absolute atomic E-state index is 0.355. The number of ether oxygens (including phenoxy) is 1. The molecule has 0 aromatic rings. The van der Waals surface area contributed by atoms with Gasteiger partial charge < -0.3 is 19.8 Å². The van der Waals surface area contributed by atoms with Gasteiger partial charge in [0.1, 0.15) is 0 Å². The summed E-state index contributed by atoms with van der Waals surface area (Å²) >= 11 is 0. The van der Waals surface area contributed by atoms with Crippen LogP contribution in [-0.2, 0) is 9.53 Å². The third kappa shape index (κ3) is 67.1. The highest BCUT2D eigenvalue weighted by Gasteiger charge is 1.94. The summed E-state index contributed by atoms with van der Waals surface area (Å²) < 4.78 is 5.25. The first-order chi connectivity index (χ1) is 12.7. The Morgan fingerprint density at radius 2 is 1.04 bits per heavy atom. The third-order valence-electron chi connectivity index (χ3n) is 3.03. The van der Waals surface area contributed by atoms with Gasteiger partial charge in [0.2, 0.25) is 6.41 Å². The zero-order valence-corrected chi connectivity index (χ0v) is 19.7. The van der Waals surface area contributed by atoms with Gasteiger partial charge in [-0.05, 0) is 40.5 Å². The molecule has 2 N–H and O–H groups in total. The van der Waals surface area contributed by atoms with Crippen molar-refractivity contribution in [3.05, 3.63) is 0 Å². The van der Waals surface area contributed by atoms with E-state index < -0.39 is 0 Å². The number of amides is 1. The first kappa shape index (κ1) is 33.9. The molecule has 0 aromatic carbocycles. The number of nitrogens with zero attached hydrogens (tertiary/aromatic N) is 1. The minimum Gasteiger partial charge on any atom is -0.396 e. The number of rotatable bonds is 12. The Bertz CT molecular complexity index is 218. The Morgan fingerprint density at radius 1 is 0.741 bits per heavy atom. The smallest absolute Gasteiger partial charge is 0.209 e. The normalized spacial score (nSPS) is 9.48. The monoisotopic (exact) mass is 393 g/mol. The predicted octanol–water partition coefficient (Wildman–Crippen LogP) is 5.03. The van der Waals surface area contributed by atoms with Crippen molar-refractivity contribution in [2.75, 3.05) is 27.3 Å². The highest BCUT2D eigenvalue weighted by molar-refractivity contribution is 5.45. The first-order valence-electron chi connectivity index (χ1n) is 10.7. The van der Waals surface area contributed by atoms with E-state index in [-0.39, 0.29) is 0 Å². The van der Waals surface area contributed by atoms with Crippen LogP contribution in [0.1, 0.15) is 99.3 Å². The van der Waals surface area contributed by atoms with E-state index in [1.54, 1.807) is 14.1 Å². The van der Waals surface area contributed by atoms with Gasteiger partial charge in [-0.2, -0.15) is 0 Å². The van der Waals surface area contributed by atoms with Gasteiger partial charge in [0.25, 0.3) is 0 Å². The number of hydrogen-bond donors (Lipinski definition) is 2. The first-order valence-corrected chi connectivity index (χ1v) is 10.7. The summed E-state index contributed by atoms with van der Waals surface area (Å²) in [6.45, 7) is 13.2. The van der Waals surface area contributed by atoms with Crippen LogP contribution >= 0.6 is 0 Å². The molecule has 0 aliphatic rings. The second-order valence-corrected chi connectivity index (χ2v) is 7.22. The number of carbonyl (C=O) groups is 1. The Hall–Kier alpha value is -0.650. The van der Waals surface area contributed by atoms with Gasteiger partial charge in [0.15, 0.2) is 0 Å². The molecule has 27 heavy (non-hydrogen) atoms. The van der Waals surface area contributed by atoms with Gasteiger partial charge in [-0.3, -0.25) is 4.79 Å². The van der Waals surface area contributed by atoms with Crippen LogP contribution in [0.2, 0.25) is 0 Å². The van der Waals surface area contributed by atoms with Gasteiger partial charge >= 0.3 is 0 Å². The van der Waals surface area contributed by atoms with Crippen LogP contribution in [0.15, 0.2) is 0 Å². The molecule has 168 valence electrons. The molecule has 0 aromatic heterocycles. The van der Waals surface area contributed by atoms with E-state index >= 15 is 0 Å². The van der Waals surface area contributed by atoms with Crippen LogP contribution in [0.25, 0.3) is 0 Å². The third-order valence-corrected chi connectivity index (χ3v) is 3.03. The molecule has 0 spiro atoms. The number of carbonyl (C=O) groups excluding carboxylic acids is 1. The fourth-order valence-electron chi connectivity index (χ4n) is 1.80. The topological polar surface area (TPSA) is 70.0 Å². The number of aliphatic hydroxyl groups is 2. The highest BCUT2D eigenvalue weighted by atomic mass is 16.5. The maximum atomic E-state index is 9.43. The molecule has 0 atom stereocenters. The summed E-state index contributed by atoms with van der Waals surface area (Å²) in [5.41, 5.74) is 0. The number of unbranched alkanes of at least 4 members (excludes halogenated alkanes) is 7. The Kier molecular flexibility index (Phi) is 41.4. The summed E-state index contributed by atoms with van der Waals surface area (Å²) in [7, 11) is 3.38. The van der Waals surface area contributed by atoms with Crippen LogP contribution in [0, 0.1) is 0 Å². The van der Waals surface area contributed by atoms with E-state index in [0.717, 1.165) is 25.7 Å². The van der Waals surface area contributed by atoms with Crippen molar-refractivity contribution in [1.29, 1.82) is 0 Å². The summed E-state index contributed by atoms with van der Waals surface area (Å²) in [6.07, 6.45) is 12.3. The van der Waals surface area contributed by atoms with Crippen molar-refractivity contribution in [1.82, 2.24) is 4.90 Å². The minimum atomic E-state index is 0.355. The average Bonchev–Trinajstić information content (AvgIpc) is 2.60. The number of hydrogen-bond acceptors (Lipinski definition) is 4. The van der Waals surface area contributed by atoms with E-state index in [2.05, 4.69) is 13.8 Å². The maximum Gasteiger partial charge on any atom is 0.209 e. The average molecular weight is 394 g/mol. The lowest BCUT2D eigenvalue weighted by atomic mass is 10.1. The molecule has 5 heteroatoms. The van der Waals surface area contributed by atoms with E-state index in [4.69, 9.17) is 14.9 Å². The molecule has 0 saturated carbocycles. The standard InChI is InChI=1S/C8H18O.C6H14O.C5H12O.C3H7NO/c1-2-3-4-5-6-7-8-9;1-5(2)7-6(3)4;1-2-3-4-5-6;1-4(2)3-5/h9H,2-8H2,1H3;5-6H,1-4H3;6H,2-5H2,1H3;3H,1-2H3. The van der Waals surface area contributed by atoms with Gasteiger partial charge in [0.05, 0.1) is 12.2 Å². The van der Waals surface area contributed by atoms with Crippen LogP contribution < -0.4 is 0 Å². The molecule has 0 fully saturated rings. The molecule has 0 unspecified atom stereocenters. The van der Waals surface area contributed by atoms with Crippen LogP contribution in [0.3, 0.4) is 0 Å². The van der Waals surface area contributed by atoms with E-state index in [1.807, 2.05) is 27.7 Å². The van der Waals surface area contributed by atoms with Crippen LogP contribution in [0.5, 0.6) is 0 Å². The van der Waals surface area contributed by atoms with Crippen molar-refractivity contribution >= 4 is 6.41 Å². The highest BCUT2D eigenvalue weighted by Crippen LogP contribution is 2.03. The van der Waals surface area contributed by atoms with Gasteiger partial charge in [-0.15, -0.1) is 0 Å². The zero-order valence-electron chi connectivity index (χ0n) is 19.7. The van der Waals surface area contributed by atoms with Gasteiger partial charge in [-0.1, -0.05) is 58.8 Å². The summed E-state index contributed by atoms with van der Waals surface area (Å²) in [4.78, 5) is 10.9. The second-order valence-electron chi connectivity index (χ2n) is 7.22. The number of aliphatic hydroxyl groups excluding tert-OH is 2. The second kappa shape index (κ2) is 33.0. The quantitative estimate of drug-likeness (QED) is 0.360. The fourth-order valence-corrected chi connectivity index (χ4v) is 1.80. The van der Waals surface area contributed by atoms with E-state index in [9.17, 15) is 4.79 Å². The summed E-state index contributed by atoms with van der Waals surface area (Å²) in [5, 5.41) is 16.6. The van der Waals surface area contributed by atoms with Gasteiger partial charge in [0, 0.05) is 27.3 Å². The molecule has 0 radical (unpaired) electrons. The van der Waals surface area contributed by atoms with Crippen molar-refractivity contribution in [2.24, 2.45) is 0 Å². The molecule has 0 rings (SSSR count). The van der Waals surface area contributed by atoms with Gasteiger partial charge in [-0.25, -0.2) is 0 Å². The van der Waals surface area contributed by atoms with Crippen molar-refractivity contribution in [3.8, 4) is 0 Å². The zero-order chi connectivity index (χ0) is 21.9. The molecule has 5 nitrogen and oxygen atoms in total. The Balaban J connectivity index is -0.000000134. The molecule has 0 aliphatic heterocycles. The molecular weight excluding hydrogens is 342 g/mol.